The van der Waals surface area contributed by atoms with Crippen LogP contribution in [-0.2, 0) is 16.1 Å². The first-order chi connectivity index (χ1) is 14.2. The predicted molar refractivity (Wildman–Crippen MR) is 108 cm³/mol. The van der Waals surface area contributed by atoms with Crippen LogP contribution >= 0.6 is 15.9 Å². The summed E-state index contributed by atoms with van der Waals surface area (Å²) in [6.45, 7) is -1.02. The van der Waals surface area contributed by atoms with E-state index >= 15 is 0 Å². The minimum atomic E-state index is -4.70. The van der Waals surface area contributed by atoms with Crippen LogP contribution < -0.4 is 0 Å². The molecule has 0 heterocycles. The molecule has 3 aromatic carbocycles. The van der Waals surface area contributed by atoms with Crippen molar-refractivity contribution in [3.63, 3.8) is 0 Å². The molecule has 3 aromatic rings. The molecular formula is C22H17BrF4O3. The van der Waals surface area contributed by atoms with Gasteiger partial charge >= 0.3 is 16.7 Å². The largest absolute Gasteiger partial charge is 0.450 e. The third-order valence-electron chi connectivity index (χ3n) is 4.42. The molecule has 0 saturated carbocycles. The molecule has 0 amide bonds. The van der Waals surface area contributed by atoms with Gasteiger partial charge in [0.2, 0.25) is 0 Å². The summed E-state index contributed by atoms with van der Waals surface area (Å²) >= 11 is 1.69. The Kier molecular flexibility index (Phi) is 6.77. The fourth-order valence-electron chi connectivity index (χ4n) is 2.85. The lowest BCUT2D eigenvalue weighted by atomic mass is 10.0. The number of rotatable bonds is 8. The number of fused-ring (bicyclic) bond motifs is 1. The lowest BCUT2D eigenvalue weighted by Crippen LogP contribution is -2.50. The van der Waals surface area contributed by atoms with E-state index in [-0.39, 0.29) is 12.2 Å². The van der Waals surface area contributed by atoms with Gasteiger partial charge in [-0.05, 0) is 38.3 Å². The minimum Gasteiger partial charge on any atom is -0.450 e. The average Bonchev–Trinajstić information content (AvgIpc) is 2.72. The molecule has 0 radical (unpaired) electrons. The maximum Gasteiger partial charge on any atom is 0.367 e. The normalized spacial score (nSPS) is 13.2. The zero-order valence-electron chi connectivity index (χ0n) is 15.5. The summed E-state index contributed by atoms with van der Waals surface area (Å²) in [5, 5.41) is 1.14. The summed E-state index contributed by atoms with van der Waals surface area (Å²) in [4.78, 5) is 8.01. The Bertz CT molecular complexity index is 1000. The van der Waals surface area contributed by atoms with Crippen LogP contribution in [0.25, 0.3) is 10.8 Å². The van der Waals surface area contributed by atoms with Gasteiger partial charge in [0.05, 0.1) is 18.8 Å². The summed E-state index contributed by atoms with van der Waals surface area (Å²) in [6, 6.07) is 20.0. The van der Waals surface area contributed by atoms with Gasteiger partial charge in [0.15, 0.2) is 6.10 Å². The standard InChI is InChI=1S/C22H17BrF4O3/c23-22(26,27)21(24,25)19(14-29-13-15-7-2-1-3-8-15)30-20(28)18-12-6-10-16-9-4-5-11-17(16)18/h1-12,19H,13-14H2/t19-/m1/s1. The Balaban J connectivity index is 1.81. The van der Waals surface area contributed by atoms with Gasteiger partial charge in [0.1, 0.15) is 0 Å². The van der Waals surface area contributed by atoms with Gasteiger partial charge in [0.25, 0.3) is 0 Å². The van der Waals surface area contributed by atoms with E-state index in [0.29, 0.717) is 16.3 Å². The zero-order valence-corrected chi connectivity index (χ0v) is 17.1. The monoisotopic (exact) mass is 484 g/mol. The van der Waals surface area contributed by atoms with Gasteiger partial charge in [-0.1, -0.05) is 66.7 Å². The lowest BCUT2D eigenvalue weighted by Gasteiger charge is -2.29. The maximum absolute atomic E-state index is 14.4. The van der Waals surface area contributed by atoms with Crippen molar-refractivity contribution in [2.75, 3.05) is 6.61 Å². The molecule has 0 fully saturated rings. The molecule has 0 N–H and O–H groups in total. The molecule has 0 bridgehead atoms. The Labute approximate surface area is 178 Å². The number of benzene rings is 3. The Morgan fingerprint density at radius 1 is 0.900 bits per heavy atom. The molecule has 1 atom stereocenters. The summed E-state index contributed by atoms with van der Waals surface area (Å²) in [6.07, 6.45) is -2.51. The van der Waals surface area contributed by atoms with Gasteiger partial charge in [-0.25, -0.2) is 4.79 Å². The first kappa shape index (κ1) is 22.2. The highest BCUT2D eigenvalue weighted by Gasteiger charge is 2.61. The van der Waals surface area contributed by atoms with Crippen LogP contribution in [0.3, 0.4) is 0 Å². The molecule has 0 spiro atoms. The number of carbonyl (C=O) groups excluding carboxylic acids is 1. The molecule has 8 heteroatoms. The number of halogens is 5. The third-order valence-corrected chi connectivity index (χ3v) is 4.95. The number of hydrogen-bond acceptors (Lipinski definition) is 3. The van der Waals surface area contributed by atoms with E-state index in [2.05, 4.69) is 0 Å². The van der Waals surface area contributed by atoms with Crippen molar-refractivity contribution < 1.29 is 31.8 Å². The van der Waals surface area contributed by atoms with Crippen LogP contribution in [0, 0.1) is 0 Å². The fourth-order valence-corrected chi connectivity index (χ4v) is 3.10. The summed E-state index contributed by atoms with van der Waals surface area (Å²) in [7, 11) is 0. The maximum atomic E-state index is 14.4. The summed E-state index contributed by atoms with van der Waals surface area (Å²) in [5.74, 6) is -5.85. The van der Waals surface area contributed by atoms with Crippen LogP contribution in [0.4, 0.5) is 17.6 Å². The summed E-state index contributed by atoms with van der Waals surface area (Å²) < 4.78 is 65.8. The number of hydrogen-bond donors (Lipinski definition) is 0. The number of esters is 1. The van der Waals surface area contributed by atoms with Gasteiger partial charge in [-0.15, -0.1) is 0 Å². The van der Waals surface area contributed by atoms with E-state index in [1.54, 1.807) is 82.7 Å². The smallest absolute Gasteiger partial charge is 0.367 e. The topological polar surface area (TPSA) is 35.5 Å². The number of ether oxygens (including phenoxy) is 2. The third kappa shape index (κ3) is 4.99. The van der Waals surface area contributed by atoms with Crippen molar-refractivity contribution in [1.29, 1.82) is 0 Å². The van der Waals surface area contributed by atoms with Crippen molar-refractivity contribution in [2.45, 2.75) is 23.5 Å². The lowest BCUT2D eigenvalue weighted by molar-refractivity contribution is -0.217. The molecule has 30 heavy (non-hydrogen) atoms. The Hall–Kier alpha value is -2.45. The molecule has 0 saturated heterocycles. The van der Waals surface area contributed by atoms with E-state index in [4.69, 9.17) is 9.47 Å². The molecule has 3 nitrogen and oxygen atoms in total. The zero-order chi connectivity index (χ0) is 21.8. The van der Waals surface area contributed by atoms with Gasteiger partial charge in [-0.3, -0.25) is 0 Å². The molecule has 0 aliphatic carbocycles. The average molecular weight is 485 g/mol. The SMILES string of the molecule is O=C(O[C@H](COCc1ccccc1)C(F)(F)C(F)(F)Br)c1cccc2ccccc12. The Morgan fingerprint density at radius 3 is 2.23 bits per heavy atom. The second-order valence-electron chi connectivity index (χ2n) is 6.54. The van der Waals surface area contributed by atoms with Crippen LogP contribution in [0.5, 0.6) is 0 Å². The molecule has 158 valence electrons. The van der Waals surface area contributed by atoms with Crippen molar-refractivity contribution in [2.24, 2.45) is 0 Å². The highest BCUT2D eigenvalue weighted by molar-refractivity contribution is 9.10. The molecular weight excluding hydrogens is 468 g/mol. The van der Waals surface area contributed by atoms with Crippen molar-refractivity contribution in [3.8, 4) is 0 Å². The predicted octanol–water partition coefficient (Wildman–Crippen LogP) is 6.21. The highest BCUT2D eigenvalue weighted by atomic mass is 79.9. The van der Waals surface area contributed by atoms with Gasteiger partial charge in [-0.2, -0.15) is 17.6 Å². The molecule has 3 rings (SSSR count). The Morgan fingerprint density at radius 2 is 1.53 bits per heavy atom. The quantitative estimate of drug-likeness (QED) is 0.217. The highest BCUT2D eigenvalue weighted by Crippen LogP contribution is 2.43. The first-order valence-electron chi connectivity index (χ1n) is 8.95. The molecule has 0 aliphatic heterocycles. The van der Waals surface area contributed by atoms with E-state index in [1.165, 1.54) is 6.07 Å². The fraction of sp³-hybridized carbons (Fsp3) is 0.227. The number of carbonyl (C=O) groups is 1. The van der Waals surface area contributed by atoms with Crippen LogP contribution in [0.1, 0.15) is 15.9 Å². The first-order valence-corrected chi connectivity index (χ1v) is 9.74. The molecule has 0 aromatic heterocycles. The van der Waals surface area contributed by atoms with Gasteiger partial charge in [0, 0.05) is 0 Å². The van der Waals surface area contributed by atoms with E-state index in [1.807, 2.05) is 0 Å². The van der Waals surface area contributed by atoms with Crippen molar-refractivity contribution in [3.05, 3.63) is 83.9 Å². The molecule has 0 aliphatic rings. The van der Waals surface area contributed by atoms with E-state index in [9.17, 15) is 22.4 Å². The van der Waals surface area contributed by atoms with Crippen LogP contribution in [0.2, 0.25) is 0 Å². The van der Waals surface area contributed by atoms with Crippen LogP contribution in [-0.4, -0.2) is 29.4 Å². The second kappa shape index (κ2) is 9.14. The second-order valence-corrected chi connectivity index (χ2v) is 7.54. The minimum absolute atomic E-state index is 0.00477. The van der Waals surface area contributed by atoms with Gasteiger partial charge < -0.3 is 9.47 Å². The van der Waals surface area contributed by atoms with E-state index < -0.39 is 29.4 Å². The summed E-state index contributed by atoms with van der Waals surface area (Å²) in [5.41, 5.74) is 0.653. The van der Waals surface area contributed by atoms with Crippen molar-refractivity contribution >= 4 is 32.7 Å². The van der Waals surface area contributed by atoms with Crippen LogP contribution in [0.15, 0.2) is 72.8 Å². The number of alkyl halides is 5. The molecule has 0 unspecified atom stereocenters. The van der Waals surface area contributed by atoms with E-state index in [0.717, 1.165) is 0 Å². The van der Waals surface area contributed by atoms with Crippen molar-refractivity contribution in [1.82, 2.24) is 0 Å².